The topological polar surface area (TPSA) is 45.5 Å². The SMILES string of the molecule is CN=C(NCCCCn1ccnc1C)N1CCC(c2ccccc2)C1. The van der Waals surface area contributed by atoms with Gasteiger partial charge in [0.25, 0.3) is 0 Å². The van der Waals surface area contributed by atoms with Crippen LogP contribution >= 0.6 is 0 Å². The molecule has 0 bridgehead atoms. The predicted molar refractivity (Wildman–Crippen MR) is 103 cm³/mol. The zero-order chi connectivity index (χ0) is 17.5. The van der Waals surface area contributed by atoms with Gasteiger partial charge in [0.2, 0.25) is 0 Å². The molecule has 2 heterocycles. The zero-order valence-electron chi connectivity index (χ0n) is 15.4. The molecular weight excluding hydrogens is 310 g/mol. The van der Waals surface area contributed by atoms with Crippen LogP contribution in [0, 0.1) is 6.92 Å². The molecule has 0 saturated carbocycles. The molecule has 0 amide bonds. The summed E-state index contributed by atoms with van der Waals surface area (Å²) in [6.45, 7) is 6.18. The Morgan fingerprint density at radius 1 is 1.28 bits per heavy atom. The molecule has 0 radical (unpaired) electrons. The van der Waals surface area contributed by atoms with Crippen LogP contribution in [0.5, 0.6) is 0 Å². The maximum absolute atomic E-state index is 4.48. The number of aryl methyl sites for hydroxylation is 2. The molecule has 3 rings (SSSR count). The van der Waals surface area contributed by atoms with Crippen molar-refractivity contribution in [3.63, 3.8) is 0 Å². The van der Waals surface area contributed by atoms with Crippen molar-refractivity contribution in [3.8, 4) is 0 Å². The highest BCUT2D eigenvalue weighted by Crippen LogP contribution is 2.26. The van der Waals surface area contributed by atoms with E-state index >= 15 is 0 Å². The quantitative estimate of drug-likeness (QED) is 0.500. The summed E-state index contributed by atoms with van der Waals surface area (Å²) in [5.41, 5.74) is 1.44. The molecule has 1 atom stereocenters. The number of nitrogens with zero attached hydrogens (tertiary/aromatic N) is 4. The first-order valence-electron chi connectivity index (χ1n) is 9.26. The Morgan fingerprint density at radius 3 is 2.84 bits per heavy atom. The van der Waals surface area contributed by atoms with Crippen LogP contribution in [0.1, 0.15) is 36.6 Å². The lowest BCUT2D eigenvalue weighted by Crippen LogP contribution is -2.40. The molecule has 0 aliphatic carbocycles. The van der Waals surface area contributed by atoms with Crippen molar-refractivity contribution in [2.24, 2.45) is 4.99 Å². The Bertz CT molecular complexity index is 676. The van der Waals surface area contributed by atoms with E-state index < -0.39 is 0 Å². The number of likely N-dealkylation sites (tertiary alicyclic amines) is 1. The summed E-state index contributed by atoms with van der Waals surface area (Å²) >= 11 is 0. The van der Waals surface area contributed by atoms with E-state index in [-0.39, 0.29) is 0 Å². The average molecular weight is 339 g/mol. The summed E-state index contributed by atoms with van der Waals surface area (Å²) in [5.74, 6) is 2.74. The molecule has 25 heavy (non-hydrogen) atoms. The molecule has 5 nitrogen and oxygen atoms in total. The highest BCUT2D eigenvalue weighted by Gasteiger charge is 2.25. The minimum Gasteiger partial charge on any atom is -0.356 e. The number of rotatable bonds is 6. The van der Waals surface area contributed by atoms with Crippen LogP contribution in [-0.4, -0.2) is 47.1 Å². The number of aliphatic imine (C=N–C) groups is 1. The van der Waals surface area contributed by atoms with E-state index in [1.165, 1.54) is 12.0 Å². The van der Waals surface area contributed by atoms with Gasteiger partial charge >= 0.3 is 0 Å². The van der Waals surface area contributed by atoms with E-state index in [4.69, 9.17) is 0 Å². The molecule has 1 saturated heterocycles. The Hall–Kier alpha value is -2.30. The first kappa shape index (κ1) is 17.5. The fraction of sp³-hybridized carbons (Fsp3) is 0.500. The molecular formula is C20H29N5. The highest BCUT2D eigenvalue weighted by molar-refractivity contribution is 5.80. The van der Waals surface area contributed by atoms with Gasteiger partial charge in [-0.25, -0.2) is 4.98 Å². The molecule has 1 aromatic carbocycles. The number of nitrogens with one attached hydrogen (secondary N) is 1. The monoisotopic (exact) mass is 339 g/mol. The minimum atomic E-state index is 0.615. The second-order valence-corrected chi connectivity index (χ2v) is 6.69. The largest absolute Gasteiger partial charge is 0.356 e. The lowest BCUT2D eigenvalue weighted by atomic mass is 9.99. The average Bonchev–Trinajstić information content (AvgIpc) is 3.28. The zero-order valence-corrected chi connectivity index (χ0v) is 15.4. The van der Waals surface area contributed by atoms with Gasteiger partial charge < -0.3 is 14.8 Å². The third-order valence-electron chi connectivity index (χ3n) is 5.00. The number of imidazole rings is 1. The maximum atomic E-state index is 4.48. The Morgan fingerprint density at radius 2 is 2.12 bits per heavy atom. The molecule has 134 valence electrons. The summed E-state index contributed by atoms with van der Waals surface area (Å²) in [7, 11) is 1.88. The van der Waals surface area contributed by atoms with E-state index in [1.54, 1.807) is 0 Å². The molecule has 5 heteroatoms. The second-order valence-electron chi connectivity index (χ2n) is 6.69. The van der Waals surface area contributed by atoms with E-state index in [9.17, 15) is 0 Å². The van der Waals surface area contributed by atoms with Crippen molar-refractivity contribution in [2.45, 2.75) is 38.6 Å². The normalized spacial score (nSPS) is 17.9. The summed E-state index contributed by atoms with van der Waals surface area (Å²) in [6, 6.07) is 10.8. The number of hydrogen-bond donors (Lipinski definition) is 1. The predicted octanol–water partition coefficient (Wildman–Crippen LogP) is 3.04. The number of unbranched alkanes of at least 4 members (excludes halogenated alkanes) is 1. The van der Waals surface area contributed by atoms with Crippen LogP contribution in [0.25, 0.3) is 0 Å². The van der Waals surface area contributed by atoms with Crippen molar-refractivity contribution in [3.05, 3.63) is 54.1 Å². The molecule has 1 aliphatic rings. The van der Waals surface area contributed by atoms with Crippen LogP contribution in [0.4, 0.5) is 0 Å². The van der Waals surface area contributed by atoms with Gasteiger partial charge in [0, 0.05) is 51.5 Å². The number of hydrogen-bond acceptors (Lipinski definition) is 2. The van der Waals surface area contributed by atoms with Crippen LogP contribution in [0.3, 0.4) is 0 Å². The van der Waals surface area contributed by atoms with Crippen LogP contribution in [0.2, 0.25) is 0 Å². The fourth-order valence-electron chi connectivity index (χ4n) is 3.53. The maximum Gasteiger partial charge on any atom is 0.193 e. The number of guanidine groups is 1. The van der Waals surface area contributed by atoms with E-state index in [1.807, 2.05) is 13.2 Å². The lowest BCUT2D eigenvalue weighted by molar-refractivity contribution is 0.481. The van der Waals surface area contributed by atoms with Crippen molar-refractivity contribution in [2.75, 3.05) is 26.7 Å². The van der Waals surface area contributed by atoms with Crippen LogP contribution in [-0.2, 0) is 6.54 Å². The first-order valence-corrected chi connectivity index (χ1v) is 9.26. The fourth-order valence-corrected chi connectivity index (χ4v) is 3.53. The van der Waals surface area contributed by atoms with Crippen molar-refractivity contribution in [1.82, 2.24) is 19.8 Å². The summed E-state index contributed by atoms with van der Waals surface area (Å²) in [4.78, 5) is 11.1. The van der Waals surface area contributed by atoms with E-state index in [2.05, 4.69) is 68.2 Å². The third-order valence-corrected chi connectivity index (χ3v) is 5.00. The highest BCUT2D eigenvalue weighted by atomic mass is 15.3. The van der Waals surface area contributed by atoms with Gasteiger partial charge in [-0.15, -0.1) is 0 Å². The Balaban J connectivity index is 1.40. The van der Waals surface area contributed by atoms with Gasteiger partial charge in [-0.1, -0.05) is 30.3 Å². The molecule has 1 fully saturated rings. The van der Waals surface area contributed by atoms with Gasteiger partial charge in [-0.05, 0) is 31.7 Å². The van der Waals surface area contributed by atoms with E-state index in [0.29, 0.717) is 5.92 Å². The molecule has 1 aromatic heterocycles. The lowest BCUT2D eigenvalue weighted by Gasteiger charge is -2.22. The number of aromatic nitrogens is 2. The van der Waals surface area contributed by atoms with Gasteiger partial charge in [0.15, 0.2) is 5.96 Å². The van der Waals surface area contributed by atoms with Crippen LogP contribution in [0.15, 0.2) is 47.7 Å². The van der Waals surface area contributed by atoms with Gasteiger partial charge in [0.05, 0.1) is 0 Å². The third kappa shape index (κ3) is 4.62. The smallest absolute Gasteiger partial charge is 0.193 e. The second kappa shape index (κ2) is 8.70. The first-order chi connectivity index (χ1) is 12.3. The molecule has 1 unspecified atom stereocenters. The summed E-state index contributed by atoms with van der Waals surface area (Å²) in [6.07, 6.45) is 7.40. The van der Waals surface area contributed by atoms with Gasteiger partial charge in [-0.2, -0.15) is 0 Å². The van der Waals surface area contributed by atoms with Gasteiger partial charge in [-0.3, -0.25) is 4.99 Å². The Kier molecular flexibility index (Phi) is 6.09. The Labute approximate surface area is 150 Å². The number of benzene rings is 1. The van der Waals surface area contributed by atoms with Crippen molar-refractivity contribution in [1.29, 1.82) is 0 Å². The van der Waals surface area contributed by atoms with Crippen molar-refractivity contribution >= 4 is 5.96 Å². The molecule has 2 aromatic rings. The summed E-state index contributed by atoms with van der Waals surface area (Å²) in [5, 5.41) is 3.53. The summed E-state index contributed by atoms with van der Waals surface area (Å²) < 4.78 is 2.21. The van der Waals surface area contributed by atoms with Crippen LogP contribution < -0.4 is 5.32 Å². The van der Waals surface area contributed by atoms with Gasteiger partial charge in [0.1, 0.15) is 5.82 Å². The van der Waals surface area contributed by atoms with E-state index in [0.717, 1.165) is 50.8 Å². The molecule has 1 aliphatic heterocycles. The standard InChI is InChI=1S/C20H29N5/c1-17-22-12-15-24(17)13-7-6-11-23-20(21-2)25-14-10-19(16-25)18-8-4-3-5-9-18/h3-5,8-9,12,15,19H,6-7,10-11,13-14,16H2,1-2H3,(H,21,23). The molecule has 1 N–H and O–H groups in total. The molecule has 0 spiro atoms. The minimum absolute atomic E-state index is 0.615. The van der Waals surface area contributed by atoms with Crippen molar-refractivity contribution < 1.29 is 0 Å².